The van der Waals surface area contributed by atoms with E-state index in [0.29, 0.717) is 5.69 Å². The molecule has 1 amide bonds. The third-order valence-corrected chi connectivity index (χ3v) is 5.02. The van der Waals surface area contributed by atoms with Crippen molar-refractivity contribution < 1.29 is 9.18 Å². The molecule has 0 fully saturated rings. The molecule has 0 aliphatic carbocycles. The topological polar surface area (TPSA) is 56.9 Å². The van der Waals surface area contributed by atoms with Crippen LogP contribution in [0.2, 0.25) is 0 Å². The Morgan fingerprint density at radius 1 is 0.929 bits per heavy atom. The minimum atomic E-state index is -0.765. The van der Waals surface area contributed by atoms with E-state index in [2.05, 4.69) is 31.5 Å². The lowest BCUT2D eigenvalue weighted by molar-refractivity contribution is -0.117. The number of hydrogen-bond donors (Lipinski definition) is 3. The first-order valence-electron chi connectivity index (χ1n) is 8.75. The van der Waals surface area contributed by atoms with E-state index in [0.717, 1.165) is 20.9 Å². The van der Waals surface area contributed by atoms with Crippen LogP contribution in [-0.4, -0.2) is 10.9 Å². The van der Waals surface area contributed by atoms with Gasteiger partial charge in [-0.3, -0.25) is 4.79 Å². The Labute approximate surface area is 169 Å². The Balaban J connectivity index is 1.68. The molecule has 6 heteroatoms. The molecule has 3 aromatic carbocycles. The predicted octanol–water partition coefficient (Wildman–Crippen LogP) is 5.86. The zero-order valence-corrected chi connectivity index (χ0v) is 16.3. The number of halogens is 2. The van der Waals surface area contributed by atoms with Gasteiger partial charge in [-0.15, -0.1) is 0 Å². The summed E-state index contributed by atoms with van der Waals surface area (Å²) in [5.41, 5.74) is 2.62. The molecule has 1 unspecified atom stereocenters. The second-order valence-electron chi connectivity index (χ2n) is 6.34. The van der Waals surface area contributed by atoms with Crippen molar-refractivity contribution in [1.29, 1.82) is 0 Å². The van der Waals surface area contributed by atoms with Crippen LogP contribution in [0.15, 0.2) is 83.5 Å². The van der Waals surface area contributed by atoms with Crippen molar-refractivity contribution >= 4 is 44.1 Å². The van der Waals surface area contributed by atoms with E-state index in [4.69, 9.17) is 0 Å². The van der Waals surface area contributed by atoms with Crippen LogP contribution in [0.1, 0.15) is 11.6 Å². The van der Waals surface area contributed by atoms with E-state index in [1.54, 1.807) is 18.2 Å². The fourth-order valence-electron chi connectivity index (χ4n) is 3.09. The first-order valence-corrected chi connectivity index (χ1v) is 9.54. The second kappa shape index (κ2) is 7.86. The van der Waals surface area contributed by atoms with E-state index in [1.165, 1.54) is 6.07 Å². The van der Waals surface area contributed by atoms with E-state index >= 15 is 0 Å². The van der Waals surface area contributed by atoms with Crippen LogP contribution < -0.4 is 10.6 Å². The van der Waals surface area contributed by atoms with Gasteiger partial charge < -0.3 is 15.6 Å². The van der Waals surface area contributed by atoms with Gasteiger partial charge in [-0.1, -0.05) is 46.3 Å². The van der Waals surface area contributed by atoms with Crippen molar-refractivity contribution in [3.05, 3.63) is 94.8 Å². The van der Waals surface area contributed by atoms with E-state index in [9.17, 15) is 9.18 Å². The zero-order chi connectivity index (χ0) is 19.5. The van der Waals surface area contributed by atoms with E-state index in [1.807, 2.05) is 54.7 Å². The van der Waals surface area contributed by atoms with Crippen molar-refractivity contribution in [3.63, 3.8) is 0 Å². The molecule has 0 saturated carbocycles. The molecule has 0 spiro atoms. The molecule has 1 aromatic heterocycles. The number of aromatic amines is 1. The molecule has 0 saturated heterocycles. The summed E-state index contributed by atoms with van der Waals surface area (Å²) < 4.78 is 15.1. The van der Waals surface area contributed by atoms with Crippen molar-refractivity contribution in [2.24, 2.45) is 0 Å². The molecule has 0 bridgehead atoms. The lowest BCUT2D eigenvalue weighted by Crippen LogP contribution is -2.27. The summed E-state index contributed by atoms with van der Waals surface area (Å²) in [6, 6.07) is 20.5. The summed E-state index contributed by atoms with van der Waals surface area (Å²) in [5, 5.41) is 6.92. The minimum absolute atomic E-state index is 0.269. The third-order valence-electron chi connectivity index (χ3n) is 4.49. The predicted molar refractivity (Wildman–Crippen MR) is 114 cm³/mol. The number of amides is 1. The van der Waals surface area contributed by atoms with E-state index in [-0.39, 0.29) is 11.6 Å². The monoisotopic (exact) mass is 437 g/mol. The summed E-state index contributed by atoms with van der Waals surface area (Å²) in [6.07, 6.45) is 1.82. The Bertz CT molecular complexity index is 1120. The third kappa shape index (κ3) is 3.77. The van der Waals surface area contributed by atoms with Gasteiger partial charge in [0.2, 0.25) is 0 Å². The Morgan fingerprint density at radius 2 is 1.68 bits per heavy atom. The highest BCUT2D eigenvalue weighted by Crippen LogP contribution is 2.27. The number of benzene rings is 3. The fraction of sp³-hybridized carbons (Fsp3) is 0.0455. The summed E-state index contributed by atoms with van der Waals surface area (Å²) in [6.45, 7) is 0. The number of rotatable bonds is 5. The molecule has 4 rings (SSSR count). The standard InChI is InChI=1S/C22H17BrFN3O/c23-15-10-8-14(9-11-15)21(26-20-5-2-1-4-17(20)24)22(28)27-19-7-3-6-18-16(19)12-13-25-18/h1-13,21,25-26H,(H,27,28). The van der Waals surface area contributed by atoms with E-state index < -0.39 is 11.9 Å². The zero-order valence-electron chi connectivity index (χ0n) is 14.7. The molecule has 0 aliphatic heterocycles. The molecular weight excluding hydrogens is 421 g/mol. The average molecular weight is 438 g/mol. The van der Waals surface area contributed by atoms with Gasteiger partial charge >= 0.3 is 0 Å². The smallest absolute Gasteiger partial charge is 0.251 e. The van der Waals surface area contributed by atoms with Crippen LogP contribution in [0.4, 0.5) is 15.8 Å². The summed E-state index contributed by atoms with van der Waals surface area (Å²) in [7, 11) is 0. The molecule has 140 valence electrons. The van der Waals surface area contributed by atoms with Gasteiger partial charge in [-0.05, 0) is 48.0 Å². The first kappa shape index (κ1) is 18.3. The molecular formula is C22H17BrFN3O. The molecule has 0 radical (unpaired) electrons. The number of anilines is 2. The van der Waals surface area contributed by atoms with Crippen molar-refractivity contribution in [1.82, 2.24) is 4.98 Å². The molecule has 28 heavy (non-hydrogen) atoms. The minimum Gasteiger partial charge on any atom is -0.368 e. The lowest BCUT2D eigenvalue weighted by atomic mass is 10.1. The molecule has 3 N–H and O–H groups in total. The molecule has 1 atom stereocenters. The van der Waals surface area contributed by atoms with Gasteiger partial charge in [0.05, 0.1) is 11.4 Å². The van der Waals surface area contributed by atoms with Crippen molar-refractivity contribution in [2.45, 2.75) is 6.04 Å². The van der Waals surface area contributed by atoms with Crippen LogP contribution in [0.25, 0.3) is 10.9 Å². The van der Waals surface area contributed by atoms with Gasteiger partial charge in [0.15, 0.2) is 0 Å². The number of para-hydroxylation sites is 1. The maximum Gasteiger partial charge on any atom is 0.251 e. The van der Waals surface area contributed by atoms with Crippen LogP contribution in [-0.2, 0) is 4.79 Å². The van der Waals surface area contributed by atoms with Crippen LogP contribution in [0.3, 0.4) is 0 Å². The average Bonchev–Trinajstić information content (AvgIpc) is 3.18. The Morgan fingerprint density at radius 3 is 2.46 bits per heavy atom. The Kier molecular flexibility index (Phi) is 5.12. The van der Waals surface area contributed by atoms with Gasteiger partial charge in [0, 0.05) is 21.6 Å². The van der Waals surface area contributed by atoms with Gasteiger partial charge in [0.1, 0.15) is 11.9 Å². The lowest BCUT2D eigenvalue weighted by Gasteiger charge is -2.21. The normalized spacial score (nSPS) is 11.9. The number of hydrogen-bond acceptors (Lipinski definition) is 2. The molecule has 4 nitrogen and oxygen atoms in total. The summed E-state index contributed by atoms with van der Waals surface area (Å²) in [4.78, 5) is 16.3. The van der Waals surface area contributed by atoms with Crippen LogP contribution in [0.5, 0.6) is 0 Å². The van der Waals surface area contributed by atoms with Crippen molar-refractivity contribution in [3.8, 4) is 0 Å². The Hall–Kier alpha value is -3.12. The van der Waals surface area contributed by atoms with Crippen molar-refractivity contribution in [2.75, 3.05) is 10.6 Å². The van der Waals surface area contributed by atoms with Gasteiger partial charge in [-0.25, -0.2) is 4.39 Å². The number of H-pyrrole nitrogens is 1. The highest BCUT2D eigenvalue weighted by atomic mass is 79.9. The molecule has 1 heterocycles. The maximum atomic E-state index is 14.2. The fourth-order valence-corrected chi connectivity index (χ4v) is 3.35. The van der Waals surface area contributed by atoms with Crippen LogP contribution in [0, 0.1) is 5.82 Å². The largest absolute Gasteiger partial charge is 0.368 e. The number of aromatic nitrogens is 1. The maximum absolute atomic E-state index is 14.2. The summed E-state index contributed by atoms with van der Waals surface area (Å²) >= 11 is 3.40. The summed E-state index contributed by atoms with van der Waals surface area (Å²) in [5.74, 6) is -0.690. The number of carbonyl (C=O) groups excluding carboxylic acids is 1. The number of carbonyl (C=O) groups is 1. The highest BCUT2D eigenvalue weighted by Gasteiger charge is 2.22. The highest BCUT2D eigenvalue weighted by molar-refractivity contribution is 9.10. The first-order chi connectivity index (χ1) is 13.6. The molecule has 0 aliphatic rings. The molecule has 4 aromatic rings. The van der Waals surface area contributed by atoms with Gasteiger partial charge in [0.25, 0.3) is 5.91 Å². The van der Waals surface area contributed by atoms with Crippen LogP contribution >= 0.6 is 15.9 Å². The SMILES string of the molecule is O=C(Nc1cccc2[nH]ccc12)C(Nc1ccccc1F)c1ccc(Br)cc1. The number of nitrogens with one attached hydrogen (secondary N) is 3. The quantitative estimate of drug-likeness (QED) is 0.366. The van der Waals surface area contributed by atoms with Gasteiger partial charge in [-0.2, -0.15) is 0 Å². The number of fused-ring (bicyclic) bond motifs is 1. The second-order valence-corrected chi connectivity index (χ2v) is 7.26.